The summed E-state index contributed by atoms with van der Waals surface area (Å²) in [7, 11) is 0. The van der Waals surface area contributed by atoms with Crippen LogP contribution in [0, 0.1) is 0 Å². The number of hydrogen-bond acceptors (Lipinski definition) is 4. The van der Waals surface area contributed by atoms with E-state index in [-0.39, 0.29) is 16.8 Å². The van der Waals surface area contributed by atoms with E-state index < -0.39 is 23.4 Å². The Balaban J connectivity index is 2.12. The van der Waals surface area contributed by atoms with Gasteiger partial charge in [0, 0.05) is 17.3 Å². The minimum Gasteiger partial charge on any atom is -0.412 e. The van der Waals surface area contributed by atoms with E-state index in [0.29, 0.717) is 4.85 Å². The van der Waals surface area contributed by atoms with Crippen LogP contribution in [0.2, 0.25) is 0 Å². The van der Waals surface area contributed by atoms with Gasteiger partial charge in [0.05, 0.1) is 23.8 Å². The summed E-state index contributed by atoms with van der Waals surface area (Å²) in [4.78, 5) is 24.5. The summed E-state index contributed by atoms with van der Waals surface area (Å²) < 4.78 is 39.4. The number of carbonyl (C=O) groups excluding carboxylic acids is 2. The molecule has 0 aliphatic heterocycles. The molecular weight excluding hydrogens is 339 g/mol. The number of benzene rings is 1. The van der Waals surface area contributed by atoms with Crippen molar-refractivity contribution in [3.8, 4) is 5.69 Å². The lowest BCUT2D eigenvalue weighted by atomic mass is 10.1. The molecule has 6 nitrogen and oxygen atoms in total. The van der Waals surface area contributed by atoms with Gasteiger partial charge in [0.1, 0.15) is 0 Å². The largest absolute Gasteiger partial charge is 0.456 e. The molecule has 0 fully saturated rings. The van der Waals surface area contributed by atoms with Gasteiger partial charge in [-0.1, -0.05) is 30.3 Å². The molecule has 0 saturated carbocycles. The standard InChI is InChI=1S/C16H10F3N3O3/c17-16(18,19)15(24)13-6-11(14(23)10-4-2-1-3-5-10)8-21(13)12-7-20-22(25)9-12/h1-9,25H. The van der Waals surface area contributed by atoms with Gasteiger partial charge in [-0.15, -0.1) is 9.94 Å². The third kappa shape index (κ3) is 3.16. The quantitative estimate of drug-likeness (QED) is 0.580. The fourth-order valence-electron chi connectivity index (χ4n) is 2.30. The third-order valence-corrected chi connectivity index (χ3v) is 3.44. The second kappa shape index (κ2) is 5.93. The summed E-state index contributed by atoms with van der Waals surface area (Å²) in [6.45, 7) is 0. The van der Waals surface area contributed by atoms with Crippen LogP contribution in [0.5, 0.6) is 0 Å². The number of Topliss-reactive ketones (excluding diaryl/α,β-unsaturated/α-hetero) is 1. The van der Waals surface area contributed by atoms with Crippen LogP contribution in [0.15, 0.2) is 55.0 Å². The Kier molecular flexibility index (Phi) is 3.91. The number of hydrogen-bond donors (Lipinski definition) is 1. The number of halogens is 3. The highest BCUT2D eigenvalue weighted by Crippen LogP contribution is 2.26. The zero-order chi connectivity index (χ0) is 18.2. The highest BCUT2D eigenvalue weighted by molar-refractivity contribution is 6.11. The zero-order valence-electron chi connectivity index (χ0n) is 12.4. The highest BCUT2D eigenvalue weighted by atomic mass is 19.4. The van der Waals surface area contributed by atoms with E-state index in [4.69, 9.17) is 0 Å². The molecule has 0 unspecified atom stereocenters. The molecule has 0 aliphatic rings. The normalized spacial score (nSPS) is 11.5. The van der Waals surface area contributed by atoms with Gasteiger partial charge in [-0.3, -0.25) is 9.59 Å². The molecule has 128 valence electrons. The molecule has 1 N–H and O–H groups in total. The number of rotatable bonds is 4. The van der Waals surface area contributed by atoms with Crippen LogP contribution in [0.25, 0.3) is 5.69 Å². The van der Waals surface area contributed by atoms with Gasteiger partial charge in [-0.25, -0.2) is 0 Å². The Hall–Kier alpha value is -3.36. The average Bonchev–Trinajstić information content (AvgIpc) is 3.19. The predicted molar refractivity (Wildman–Crippen MR) is 79.0 cm³/mol. The number of ketones is 2. The average molecular weight is 349 g/mol. The lowest BCUT2D eigenvalue weighted by molar-refractivity contribution is -0.0889. The monoisotopic (exact) mass is 349 g/mol. The molecule has 1 aromatic carbocycles. The summed E-state index contributed by atoms with van der Waals surface area (Å²) in [5.74, 6) is -2.64. The fraction of sp³-hybridized carbons (Fsp3) is 0.0625. The van der Waals surface area contributed by atoms with Gasteiger partial charge in [0.25, 0.3) is 5.78 Å². The van der Waals surface area contributed by atoms with E-state index in [0.717, 1.165) is 29.2 Å². The molecule has 0 atom stereocenters. The van der Waals surface area contributed by atoms with Gasteiger partial charge in [0.2, 0.25) is 0 Å². The van der Waals surface area contributed by atoms with Crippen LogP contribution in [0.1, 0.15) is 26.4 Å². The second-order valence-electron chi connectivity index (χ2n) is 5.12. The maximum Gasteiger partial charge on any atom is 0.456 e. The van der Waals surface area contributed by atoms with Crippen molar-refractivity contribution < 1.29 is 28.0 Å². The van der Waals surface area contributed by atoms with E-state index in [1.807, 2.05) is 0 Å². The molecule has 0 aliphatic carbocycles. The third-order valence-electron chi connectivity index (χ3n) is 3.44. The smallest absolute Gasteiger partial charge is 0.412 e. The number of aromatic nitrogens is 3. The van der Waals surface area contributed by atoms with Crippen LogP contribution in [0.3, 0.4) is 0 Å². The summed E-state index contributed by atoms with van der Waals surface area (Å²) in [5, 5.41) is 12.7. The lowest BCUT2D eigenvalue weighted by Crippen LogP contribution is -2.25. The molecule has 3 aromatic rings. The Morgan fingerprint density at radius 2 is 1.72 bits per heavy atom. The molecule has 2 aromatic heterocycles. The first kappa shape index (κ1) is 16.5. The topological polar surface area (TPSA) is 77.1 Å². The van der Waals surface area contributed by atoms with Crippen molar-refractivity contribution in [2.75, 3.05) is 0 Å². The molecule has 25 heavy (non-hydrogen) atoms. The van der Waals surface area contributed by atoms with Crippen molar-refractivity contribution in [3.63, 3.8) is 0 Å². The van der Waals surface area contributed by atoms with Crippen LogP contribution in [0.4, 0.5) is 13.2 Å². The Bertz CT molecular complexity index is 942. The zero-order valence-corrected chi connectivity index (χ0v) is 12.4. The molecule has 0 radical (unpaired) electrons. The molecule has 2 heterocycles. The van der Waals surface area contributed by atoms with Crippen LogP contribution < -0.4 is 0 Å². The summed E-state index contributed by atoms with van der Waals surface area (Å²) >= 11 is 0. The first-order valence-electron chi connectivity index (χ1n) is 6.95. The van der Waals surface area contributed by atoms with Gasteiger partial charge < -0.3 is 9.77 Å². The number of alkyl halides is 3. The van der Waals surface area contributed by atoms with Gasteiger partial charge in [-0.05, 0) is 6.07 Å². The van der Waals surface area contributed by atoms with Crippen molar-refractivity contribution in [2.45, 2.75) is 6.18 Å². The Morgan fingerprint density at radius 3 is 2.28 bits per heavy atom. The van der Waals surface area contributed by atoms with Crippen molar-refractivity contribution in [2.24, 2.45) is 0 Å². The van der Waals surface area contributed by atoms with Crippen molar-refractivity contribution in [1.29, 1.82) is 0 Å². The molecule has 3 rings (SSSR count). The SMILES string of the molecule is O=C(c1ccccc1)c1cc(C(=O)C(F)(F)F)n(-c2cnn(O)c2)c1. The molecule has 0 spiro atoms. The van der Waals surface area contributed by atoms with E-state index in [9.17, 15) is 28.0 Å². The Morgan fingerprint density at radius 1 is 1.04 bits per heavy atom. The summed E-state index contributed by atoms with van der Waals surface area (Å²) in [6, 6.07) is 8.81. The second-order valence-corrected chi connectivity index (χ2v) is 5.12. The summed E-state index contributed by atoms with van der Waals surface area (Å²) in [5.41, 5.74) is -0.574. The first-order chi connectivity index (χ1) is 11.8. The maximum atomic E-state index is 12.9. The molecule has 0 bridgehead atoms. The molecule has 0 saturated heterocycles. The Labute approximate surface area is 138 Å². The van der Waals surface area contributed by atoms with Gasteiger partial charge in [0.15, 0.2) is 5.78 Å². The van der Waals surface area contributed by atoms with Crippen molar-refractivity contribution >= 4 is 11.6 Å². The number of carbonyl (C=O) groups is 2. The van der Waals surface area contributed by atoms with Crippen molar-refractivity contribution in [3.05, 3.63) is 71.8 Å². The number of nitrogens with zero attached hydrogens (tertiary/aromatic N) is 3. The lowest BCUT2D eigenvalue weighted by Gasteiger charge is -2.07. The maximum absolute atomic E-state index is 12.9. The molecule has 0 amide bonds. The molecular formula is C16H10F3N3O3. The van der Waals surface area contributed by atoms with Crippen LogP contribution >= 0.6 is 0 Å². The van der Waals surface area contributed by atoms with E-state index in [1.54, 1.807) is 18.2 Å². The minimum atomic E-state index is -5.11. The molecule has 9 heteroatoms. The van der Waals surface area contributed by atoms with Gasteiger partial charge in [-0.2, -0.15) is 13.2 Å². The first-order valence-corrected chi connectivity index (χ1v) is 6.95. The predicted octanol–water partition coefficient (Wildman–Crippen LogP) is 2.89. The fourth-order valence-corrected chi connectivity index (χ4v) is 2.30. The van der Waals surface area contributed by atoms with Crippen molar-refractivity contribution in [1.82, 2.24) is 14.5 Å². The van der Waals surface area contributed by atoms with Crippen LogP contribution in [-0.2, 0) is 0 Å². The summed E-state index contributed by atoms with van der Waals surface area (Å²) in [6.07, 6.45) is -1.95. The van der Waals surface area contributed by atoms with E-state index >= 15 is 0 Å². The highest BCUT2D eigenvalue weighted by Gasteiger charge is 2.41. The van der Waals surface area contributed by atoms with E-state index in [2.05, 4.69) is 5.10 Å². The van der Waals surface area contributed by atoms with E-state index in [1.165, 1.54) is 12.1 Å². The minimum absolute atomic E-state index is 0.00205. The van der Waals surface area contributed by atoms with Crippen LogP contribution in [-0.4, -0.2) is 37.5 Å². The van der Waals surface area contributed by atoms with Gasteiger partial charge >= 0.3 is 6.18 Å².